The molecule has 4 aromatic rings. The minimum Gasteiger partial charge on any atom is -0.450 e. The van der Waals surface area contributed by atoms with E-state index in [2.05, 4.69) is 0 Å². The summed E-state index contributed by atoms with van der Waals surface area (Å²) in [4.78, 5) is 46.4. The van der Waals surface area contributed by atoms with Gasteiger partial charge >= 0.3 is 0 Å². The lowest BCUT2D eigenvalue weighted by atomic mass is 9.84. The molecule has 0 bridgehead atoms. The van der Waals surface area contributed by atoms with Crippen molar-refractivity contribution in [1.29, 1.82) is 0 Å². The number of hydrogen-bond donors (Lipinski definition) is 0. The van der Waals surface area contributed by atoms with Crippen molar-refractivity contribution in [3.63, 3.8) is 0 Å². The predicted octanol–water partition coefficient (Wildman–Crippen LogP) is 5.47. The van der Waals surface area contributed by atoms with Crippen molar-refractivity contribution in [2.24, 2.45) is 0 Å². The number of fused-ring (bicyclic) bond motifs is 5. The molecule has 1 atom stereocenters. The zero-order valence-corrected chi connectivity index (χ0v) is 23.2. The van der Waals surface area contributed by atoms with Gasteiger partial charge in [-0.25, -0.2) is 0 Å². The third-order valence-electron chi connectivity index (χ3n) is 7.83. The number of carbonyl (C=O) groups excluding carboxylic acids is 2. The molecule has 3 aromatic carbocycles. The van der Waals surface area contributed by atoms with Gasteiger partial charge in [0, 0.05) is 18.7 Å². The zero-order chi connectivity index (χ0) is 28.2. The first kappa shape index (κ1) is 26.0. The maximum atomic E-state index is 14.8. The van der Waals surface area contributed by atoms with Crippen LogP contribution >= 0.6 is 0 Å². The van der Waals surface area contributed by atoms with Gasteiger partial charge in [-0.05, 0) is 57.9 Å². The zero-order valence-electron chi connectivity index (χ0n) is 23.2. The van der Waals surface area contributed by atoms with Crippen molar-refractivity contribution >= 4 is 28.5 Å². The van der Waals surface area contributed by atoms with Crippen molar-refractivity contribution in [3.8, 4) is 0 Å². The first-order chi connectivity index (χ1) is 19.2. The molecule has 0 N–H and O–H groups in total. The van der Waals surface area contributed by atoms with E-state index < -0.39 is 11.4 Å². The molecule has 204 valence electrons. The van der Waals surface area contributed by atoms with Gasteiger partial charge in [0.1, 0.15) is 5.58 Å². The Bertz CT molecular complexity index is 1700. The Balaban J connectivity index is 1.57. The van der Waals surface area contributed by atoms with Gasteiger partial charge < -0.3 is 19.0 Å². The average molecular weight is 537 g/mol. The highest BCUT2D eigenvalue weighted by Crippen LogP contribution is 2.52. The van der Waals surface area contributed by atoms with Crippen molar-refractivity contribution in [3.05, 3.63) is 111 Å². The highest BCUT2D eigenvalue weighted by Gasteiger charge is 2.64. The molecule has 7 heteroatoms. The number of amides is 2. The number of nitrogens with zero attached hydrogens (tertiary/aromatic N) is 2. The Hall–Kier alpha value is -4.23. The van der Waals surface area contributed by atoms with Crippen LogP contribution in [0.25, 0.3) is 11.0 Å². The number of rotatable bonds is 7. The van der Waals surface area contributed by atoms with E-state index in [1.54, 1.807) is 17.0 Å². The van der Waals surface area contributed by atoms with E-state index in [0.717, 1.165) is 16.7 Å². The van der Waals surface area contributed by atoms with Crippen molar-refractivity contribution in [2.75, 3.05) is 18.1 Å². The third kappa shape index (κ3) is 3.87. The molecule has 0 fully saturated rings. The number of hydrogen-bond acceptors (Lipinski definition) is 5. The molecule has 7 nitrogen and oxygen atoms in total. The van der Waals surface area contributed by atoms with Gasteiger partial charge in [0.2, 0.25) is 5.76 Å². The summed E-state index contributed by atoms with van der Waals surface area (Å²) < 4.78 is 11.9. The summed E-state index contributed by atoms with van der Waals surface area (Å²) in [5, 5.41) is 0.359. The first-order valence-corrected chi connectivity index (χ1v) is 13.7. The summed E-state index contributed by atoms with van der Waals surface area (Å²) in [6, 6.07) is 20.8. The topological polar surface area (TPSA) is 80.1 Å². The maximum absolute atomic E-state index is 14.8. The monoisotopic (exact) mass is 536 g/mol. The Morgan fingerprint density at radius 2 is 1.65 bits per heavy atom. The molecule has 2 amide bonds. The van der Waals surface area contributed by atoms with Crippen molar-refractivity contribution in [1.82, 2.24) is 4.90 Å². The lowest BCUT2D eigenvalue weighted by Gasteiger charge is -2.34. The van der Waals surface area contributed by atoms with Crippen molar-refractivity contribution < 1.29 is 18.7 Å². The standard InChI is InChI=1S/C33H32N2O5/c1-20(2)39-17-7-16-35-31(37)30-28(29(36)24-18-22(4)12-15-27(24)40-30)33(35)25-8-5-6-9-26(25)34(32(33)38)19-23-13-10-21(3)11-14-23/h5-6,8-15,18,20H,7,16-17,19H2,1-4H3. The lowest BCUT2D eigenvalue weighted by Crippen LogP contribution is -2.53. The molecule has 2 aliphatic rings. The summed E-state index contributed by atoms with van der Waals surface area (Å²) in [7, 11) is 0. The lowest BCUT2D eigenvalue weighted by molar-refractivity contribution is -0.126. The van der Waals surface area contributed by atoms with Gasteiger partial charge in [0.05, 0.1) is 29.3 Å². The molecular weight excluding hydrogens is 504 g/mol. The van der Waals surface area contributed by atoms with Crippen LogP contribution in [0.4, 0.5) is 5.69 Å². The Kier molecular flexibility index (Phi) is 6.34. The fourth-order valence-electron chi connectivity index (χ4n) is 5.98. The number of carbonyl (C=O) groups is 2. The first-order valence-electron chi connectivity index (χ1n) is 13.7. The van der Waals surface area contributed by atoms with Crippen molar-refractivity contribution in [2.45, 2.75) is 52.3 Å². The minimum atomic E-state index is -1.62. The molecule has 6 rings (SSSR count). The third-order valence-corrected chi connectivity index (χ3v) is 7.83. The molecule has 1 unspecified atom stereocenters. The average Bonchev–Trinajstić information content (AvgIpc) is 3.32. The van der Waals surface area contributed by atoms with Crippen LogP contribution in [0.15, 0.2) is 75.9 Å². The molecule has 3 heterocycles. The Morgan fingerprint density at radius 3 is 2.40 bits per heavy atom. The summed E-state index contributed by atoms with van der Waals surface area (Å²) in [6.45, 7) is 8.77. The Morgan fingerprint density at radius 1 is 0.925 bits per heavy atom. The molecule has 40 heavy (non-hydrogen) atoms. The fraction of sp³-hybridized carbons (Fsp3) is 0.303. The van der Waals surface area contributed by atoms with E-state index in [9.17, 15) is 14.4 Å². The number of benzene rings is 3. The normalized spacial score (nSPS) is 17.9. The second kappa shape index (κ2) is 9.75. The molecule has 2 aliphatic heterocycles. The summed E-state index contributed by atoms with van der Waals surface area (Å²) >= 11 is 0. The SMILES string of the molecule is Cc1ccc(CN2C(=O)C3(c4ccccc42)c2c(oc4ccc(C)cc4c2=O)C(=O)N3CCCOC(C)C)cc1. The fourth-order valence-corrected chi connectivity index (χ4v) is 5.98. The van der Waals surface area contributed by atoms with Gasteiger partial charge in [-0.15, -0.1) is 0 Å². The Labute approximate surface area is 233 Å². The van der Waals surface area contributed by atoms with E-state index in [4.69, 9.17) is 9.15 Å². The van der Waals surface area contributed by atoms with Crippen LogP contribution in [0.5, 0.6) is 0 Å². The van der Waals surface area contributed by atoms with Gasteiger partial charge in [-0.3, -0.25) is 14.4 Å². The van der Waals surface area contributed by atoms with Crippen LogP contribution in [0.2, 0.25) is 0 Å². The summed E-state index contributed by atoms with van der Waals surface area (Å²) in [5.41, 5.74) is 2.72. The number of anilines is 1. The summed E-state index contributed by atoms with van der Waals surface area (Å²) in [6.07, 6.45) is 0.538. The largest absolute Gasteiger partial charge is 0.450 e. The predicted molar refractivity (Wildman–Crippen MR) is 154 cm³/mol. The van der Waals surface area contributed by atoms with Crippen LogP contribution in [-0.2, 0) is 21.6 Å². The van der Waals surface area contributed by atoms with Gasteiger partial charge in [-0.2, -0.15) is 0 Å². The summed E-state index contributed by atoms with van der Waals surface area (Å²) in [5.74, 6) is -0.851. The highest BCUT2D eigenvalue weighted by atomic mass is 16.5. The van der Waals surface area contributed by atoms with Crippen LogP contribution in [0, 0.1) is 13.8 Å². The highest BCUT2D eigenvalue weighted by molar-refractivity contribution is 6.17. The van der Waals surface area contributed by atoms with E-state index in [-0.39, 0.29) is 35.3 Å². The van der Waals surface area contributed by atoms with Gasteiger partial charge in [-0.1, -0.05) is 59.7 Å². The van der Waals surface area contributed by atoms with Crippen LogP contribution in [0.1, 0.15) is 58.6 Å². The molecule has 0 saturated carbocycles. The smallest absolute Gasteiger partial charge is 0.291 e. The number of aryl methyl sites for hydroxylation is 2. The molecule has 0 radical (unpaired) electrons. The van der Waals surface area contributed by atoms with Gasteiger partial charge in [0.15, 0.2) is 11.0 Å². The molecular formula is C33H32N2O5. The molecule has 1 spiro atoms. The molecule has 0 aliphatic carbocycles. The van der Waals surface area contributed by atoms with Crippen LogP contribution < -0.4 is 10.3 Å². The number of ether oxygens (including phenoxy) is 1. The van der Waals surface area contributed by atoms with Gasteiger partial charge in [0.25, 0.3) is 11.8 Å². The molecule has 0 saturated heterocycles. The van der Waals surface area contributed by atoms with E-state index in [0.29, 0.717) is 41.8 Å². The minimum absolute atomic E-state index is 0.0380. The quantitative estimate of drug-likeness (QED) is 0.293. The number of para-hydroxylation sites is 1. The van der Waals surface area contributed by atoms with E-state index in [1.165, 1.54) is 4.90 Å². The maximum Gasteiger partial charge on any atom is 0.291 e. The second-order valence-electron chi connectivity index (χ2n) is 11.0. The molecule has 1 aromatic heterocycles. The second-order valence-corrected chi connectivity index (χ2v) is 11.0. The van der Waals surface area contributed by atoms with E-state index >= 15 is 0 Å². The van der Waals surface area contributed by atoms with E-state index in [1.807, 2.05) is 82.3 Å². The van der Waals surface area contributed by atoms with Crippen LogP contribution in [-0.4, -0.2) is 36.0 Å². The van der Waals surface area contributed by atoms with Crippen LogP contribution in [0.3, 0.4) is 0 Å².